The molecule has 1 saturated heterocycles. The minimum Gasteiger partial charge on any atom is -0.273 e. The summed E-state index contributed by atoms with van der Waals surface area (Å²) in [6.07, 6.45) is 0. The fourth-order valence-electron chi connectivity index (χ4n) is 1.60. The summed E-state index contributed by atoms with van der Waals surface area (Å²) < 4.78 is 0.906. The van der Waals surface area contributed by atoms with Gasteiger partial charge in [0.2, 0.25) is 11.8 Å². The van der Waals surface area contributed by atoms with Crippen molar-refractivity contribution < 1.29 is 9.59 Å². The van der Waals surface area contributed by atoms with Crippen molar-refractivity contribution in [1.82, 2.24) is 0 Å². The summed E-state index contributed by atoms with van der Waals surface area (Å²) in [6, 6.07) is 5.52. The summed E-state index contributed by atoms with van der Waals surface area (Å²) >= 11 is 4.77. The lowest BCUT2D eigenvalue weighted by atomic mass is 10.2. The van der Waals surface area contributed by atoms with Crippen LogP contribution in [0.2, 0.25) is 0 Å². The molecule has 5 heteroatoms. The Morgan fingerprint density at radius 3 is 2.50 bits per heavy atom. The Morgan fingerprint density at radius 2 is 1.88 bits per heavy atom. The Bertz CT molecular complexity index is 445. The van der Waals surface area contributed by atoms with Gasteiger partial charge in [-0.1, -0.05) is 22.0 Å². The number of benzene rings is 1. The Kier molecular flexibility index (Phi) is 3.35. The summed E-state index contributed by atoms with van der Waals surface area (Å²) in [5.41, 5.74) is 1.60. The molecule has 3 nitrogen and oxygen atoms in total. The Hall–Kier alpha value is -0.810. The number of thioether (sulfide) groups is 1. The second-order valence-electron chi connectivity index (χ2n) is 3.50. The molecule has 1 aromatic carbocycles. The molecule has 0 spiro atoms. The van der Waals surface area contributed by atoms with Crippen LogP contribution in [0.5, 0.6) is 0 Å². The van der Waals surface area contributed by atoms with E-state index >= 15 is 0 Å². The fraction of sp³-hybridized carbons (Fsp3) is 0.273. The minimum absolute atomic E-state index is 0.137. The number of halogens is 1. The van der Waals surface area contributed by atoms with Crippen LogP contribution in [-0.4, -0.2) is 23.3 Å². The van der Waals surface area contributed by atoms with Crippen LogP contribution in [0.15, 0.2) is 22.7 Å². The molecule has 0 bridgehead atoms. The minimum atomic E-state index is -0.137. The first-order chi connectivity index (χ1) is 7.61. The van der Waals surface area contributed by atoms with E-state index in [-0.39, 0.29) is 11.8 Å². The molecule has 0 saturated carbocycles. The highest BCUT2D eigenvalue weighted by Crippen LogP contribution is 2.29. The van der Waals surface area contributed by atoms with Crippen LogP contribution in [0.1, 0.15) is 5.56 Å². The number of rotatable bonds is 1. The maximum atomic E-state index is 11.7. The van der Waals surface area contributed by atoms with Crippen molar-refractivity contribution >= 4 is 45.2 Å². The molecule has 2 rings (SSSR count). The van der Waals surface area contributed by atoms with Crippen LogP contribution < -0.4 is 4.90 Å². The molecule has 0 unspecified atom stereocenters. The molecule has 84 valence electrons. The number of anilines is 1. The molecule has 0 radical (unpaired) electrons. The highest BCUT2D eigenvalue weighted by atomic mass is 79.9. The Balaban J connectivity index is 2.46. The Morgan fingerprint density at radius 1 is 1.25 bits per heavy atom. The highest BCUT2D eigenvalue weighted by molar-refractivity contribution is 9.10. The van der Waals surface area contributed by atoms with Gasteiger partial charge in [-0.2, -0.15) is 0 Å². The molecule has 0 N–H and O–H groups in total. The monoisotopic (exact) mass is 299 g/mol. The topological polar surface area (TPSA) is 37.4 Å². The number of nitrogens with zero attached hydrogens (tertiary/aromatic N) is 1. The quantitative estimate of drug-likeness (QED) is 0.747. The molecule has 0 aliphatic carbocycles. The molecule has 1 fully saturated rings. The van der Waals surface area contributed by atoms with Crippen molar-refractivity contribution in [2.75, 3.05) is 16.4 Å². The third-order valence-electron chi connectivity index (χ3n) is 2.43. The standard InChI is InChI=1S/C11H10BrNO2S/c1-7-8(12)3-2-4-9(7)13-10(14)5-16-6-11(13)15/h2-4H,5-6H2,1H3. The van der Waals surface area contributed by atoms with Crippen LogP contribution in [-0.2, 0) is 9.59 Å². The van der Waals surface area contributed by atoms with Crippen molar-refractivity contribution in [3.8, 4) is 0 Å². The zero-order valence-corrected chi connectivity index (χ0v) is 11.1. The van der Waals surface area contributed by atoms with E-state index in [0.29, 0.717) is 17.2 Å². The largest absolute Gasteiger partial charge is 0.273 e. The molecule has 1 aromatic rings. The zero-order chi connectivity index (χ0) is 11.7. The number of hydrogen-bond donors (Lipinski definition) is 0. The molecule has 1 aliphatic rings. The van der Waals surface area contributed by atoms with Gasteiger partial charge in [0.25, 0.3) is 0 Å². The first kappa shape index (κ1) is 11.7. The molecule has 0 atom stereocenters. The average Bonchev–Trinajstić information content (AvgIpc) is 2.24. The summed E-state index contributed by atoms with van der Waals surface area (Å²) in [5.74, 6) is 0.472. The van der Waals surface area contributed by atoms with Crippen molar-refractivity contribution in [1.29, 1.82) is 0 Å². The third kappa shape index (κ3) is 2.01. The number of hydrogen-bond acceptors (Lipinski definition) is 3. The Labute approximate surface area is 106 Å². The van der Waals surface area contributed by atoms with Gasteiger partial charge in [-0.05, 0) is 24.6 Å². The summed E-state index contributed by atoms with van der Waals surface area (Å²) in [5, 5.41) is 0. The molecule has 2 amide bonds. The van der Waals surface area contributed by atoms with Gasteiger partial charge < -0.3 is 0 Å². The molecule has 16 heavy (non-hydrogen) atoms. The van der Waals surface area contributed by atoms with E-state index in [1.165, 1.54) is 16.7 Å². The van der Waals surface area contributed by atoms with Gasteiger partial charge in [-0.25, -0.2) is 4.90 Å². The predicted molar refractivity (Wildman–Crippen MR) is 68.7 cm³/mol. The summed E-state index contributed by atoms with van der Waals surface area (Å²) in [4.78, 5) is 24.8. The van der Waals surface area contributed by atoms with Crippen LogP contribution in [0.3, 0.4) is 0 Å². The molecular formula is C11H10BrNO2S. The van der Waals surface area contributed by atoms with E-state index in [9.17, 15) is 9.59 Å². The van der Waals surface area contributed by atoms with Gasteiger partial charge in [-0.3, -0.25) is 9.59 Å². The number of imide groups is 1. The van der Waals surface area contributed by atoms with Gasteiger partial charge in [0.1, 0.15) is 0 Å². The molecular weight excluding hydrogens is 290 g/mol. The van der Waals surface area contributed by atoms with Gasteiger partial charge in [0.15, 0.2) is 0 Å². The van der Waals surface area contributed by atoms with Crippen molar-refractivity contribution in [2.24, 2.45) is 0 Å². The first-order valence-electron chi connectivity index (χ1n) is 4.80. The van der Waals surface area contributed by atoms with E-state index in [1.807, 2.05) is 19.1 Å². The normalized spacial score (nSPS) is 16.8. The number of carbonyl (C=O) groups is 2. The van der Waals surface area contributed by atoms with E-state index in [0.717, 1.165) is 10.0 Å². The van der Waals surface area contributed by atoms with Gasteiger partial charge in [0, 0.05) is 4.47 Å². The van der Waals surface area contributed by atoms with Crippen LogP contribution in [0.25, 0.3) is 0 Å². The highest BCUT2D eigenvalue weighted by Gasteiger charge is 2.28. The second kappa shape index (κ2) is 4.59. The van der Waals surface area contributed by atoms with E-state index in [2.05, 4.69) is 15.9 Å². The molecule has 0 aromatic heterocycles. The smallest absolute Gasteiger partial charge is 0.243 e. The lowest BCUT2D eigenvalue weighted by molar-refractivity contribution is -0.124. The van der Waals surface area contributed by atoms with Crippen molar-refractivity contribution in [3.05, 3.63) is 28.2 Å². The number of amides is 2. The second-order valence-corrected chi connectivity index (χ2v) is 5.34. The number of carbonyl (C=O) groups excluding carboxylic acids is 2. The summed E-state index contributed by atoms with van der Waals surface area (Å²) in [6.45, 7) is 1.89. The maximum Gasteiger partial charge on any atom is 0.243 e. The van der Waals surface area contributed by atoms with Crippen LogP contribution in [0, 0.1) is 6.92 Å². The van der Waals surface area contributed by atoms with E-state index < -0.39 is 0 Å². The average molecular weight is 300 g/mol. The van der Waals surface area contributed by atoms with Crippen molar-refractivity contribution in [3.63, 3.8) is 0 Å². The van der Waals surface area contributed by atoms with Gasteiger partial charge in [-0.15, -0.1) is 11.8 Å². The van der Waals surface area contributed by atoms with E-state index in [1.54, 1.807) is 6.07 Å². The lowest BCUT2D eigenvalue weighted by Gasteiger charge is -2.26. The van der Waals surface area contributed by atoms with Gasteiger partial charge in [0.05, 0.1) is 17.2 Å². The lowest BCUT2D eigenvalue weighted by Crippen LogP contribution is -2.43. The maximum absolute atomic E-state index is 11.7. The van der Waals surface area contributed by atoms with Crippen LogP contribution in [0.4, 0.5) is 5.69 Å². The van der Waals surface area contributed by atoms with E-state index in [4.69, 9.17) is 0 Å². The first-order valence-corrected chi connectivity index (χ1v) is 6.74. The predicted octanol–water partition coefficient (Wildman–Crippen LogP) is 2.36. The van der Waals surface area contributed by atoms with Crippen LogP contribution >= 0.6 is 27.7 Å². The SMILES string of the molecule is Cc1c(Br)cccc1N1C(=O)CSCC1=O. The zero-order valence-electron chi connectivity index (χ0n) is 8.70. The molecule has 1 heterocycles. The van der Waals surface area contributed by atoms with Gasteiger partial charge >= 0.3 is 0 Å². The third-order valence-corrected chi connectivity index (χ3v) is 4.19. The molecule has 1 aliphatic heterocycles. The summed E-state index contributed by atoms with van der Waals surface area (Å²) in [7, 11) is 0. The fourth-order valence-corrected chi connectivity index (χ4v) is 2.67. The van der Waals surface area contributed by atoms with Crippen molar-refractivity contribution in [2.45, 2.75) is 6.92 Å².